The van der Waals surface area contributed by atoms with Crippen molar-refractivity contribution < 1.29 is 9.21 Å². The molecule has 0 saturated carbocycles. The van der Waals surface area contributed by atoms with Crippen molar-refractivity contribution in [1.29, 1.82) is 0 Å². The Morgan fingerprint density at radius 3 is 2.30 bits per heavy atom. The molecule has 1 saturated heterocycles. The number of carbonyl (C=O) groups is 1. The zero-order valence-corrected chi connectivity index (χ0v) is 13.9. The number of likely N-dealkylation sites (N-methyl/N-ethyl adjacent to an activating group) is 1. The molecule has 1 aliphatic heterocycles. The summed E-state index contributed by atoms with van der Waals surface area (Å²) in [5.74, 6) is 1.26. The van der Waals surface area contributed by atoms with Gasteiger partial charge < -0.3 is 19.5 Å². The number of carbonyl (C=O) groups excluding carboxylic acids is 1. The molecule has 0 bridgehead atoms. The van der Waals surface area contributed by atoms with Gasteiger partial charge in [-0.15, -0.1) is 0 Å². The van der Waals surface area contributed by atoms with E-state index in [-0.39, 0.29) is 5.91 Å². The highest BCUT2D eigenvalue weighted by molar-refractivity contribution is 6.05. The summed E-state index contributed by atoms with van der Waals surface area (Å²) in [6, 6.07) is 9.80. The third kappa shape index (κ3) is 3.56. The number of furan rings is 1. The SMILES string of the molecule is Cc1cc(C(=O)Nc2ccc(N3CCN(C)CC3)cc2)c(C)o1. The minimum Gasteiger partial charge on any atom is -0.466 e. The highest BCUT2D eigenvalue weighted by Crippen LogP contribution is 2.21. The second-order valence-electron chi connectivity index (χ2n) is 6.12. The number of hydrogen-bond acceptors (Lipinski definition) is 4. The number of benzene rings is 1. The number of aryl methyl sites for hydroxylation is 2. The molecule has 1 aliphatic rings. The van der Waals surface area contributed by atoms with Gasteiger partial charge in [0.1, 0.15) is 11.5 Å². The lowest BCUT2D eigenvalue weighted by atomic mass is 10.2. The van der Waals surface area contributed by atoms with Crippen LogP contribution in [0.2, 0.25) is 0 Å². The number of piperazine rings is 1. The highest BCUT2D eigenvalue weighted by atomic mass is 16.3. The minimum atomic E-state index is -0.133. The highest BCUT2D eigenvalue weighted by Gasteiger charge is 2.15. The van der Waals surface area contributed by atoms with Crippen molar-refractivity contribution in [1.82, 2.24) is 4.90 Å². The maximum absolute atomic E-state index is 12.3. The van der Waals surface area contributed by atoms with E-state index in [4.69, 9.17) is 4.42 Å². The molecule has 5 nitrogen and oxygen atoms in total. The van der Waals surface area contributed by atoms with Crippen LogP contribution in [0.25, 0.3) is 0 Å². The van der Waals surface area contributed by atoms with Crippen molar-refractivity contribution in [3.05, 3.63) is 47.4 Å². The van der Waals surface area contributed by atoms with Crippen LogP contribution in [0.3, 0.4) is 0 Å². The molecule has 1 N–H and O–H groups in total. The van der Waals surface area contributed by atoms with E-state index in [1.165, 1.54) is 5.69 Å². The Balaban J connectivity index is 1.65. The minimum absolute atomic E-state index is 0.133. The number of nitrogens with one attached hydrogen (secondary N) is 1. The zero-order valence-electron chi connectivity index (χ0n) is 13.9. The molecule has 1 aromatic carbocycles. The Hall–Kier alpha value is -2.27. The number of hydrogen-bond donors (Lipinski definition) is 1. The first kappa shape index (κ1) is 15.6. The Morgan fingerprint density at radius 2 is 1.74 bits per heavy atom. The summed E-state index contributed by atoms with van der Waals surface area (Å²) in [6.07, 6.45) is 0. The summed E-state index contributed by atoms with van der Waals surface area (Å²) in [4.78, 5) is 17.0. The molecule has 23 heavy (non-hydrogen) atoms. The van der Waals surface area contributed by atoms with E-state index in [2.05, 4.69) is 34.3 Å². The fourth-order valence-corrected chi connectivity index (χ4v) is 2.87. The molecular formula is C18H23N3O2. The van der Waals surface area contributed by atoms with E-state index in [9.17, 15) is 4.79 Å². The van der Waals surface area contributed by atoms with E-state index < -0.39 is 0 Å². The summed E-state index contributed by atoms with van der Waals surface area (Å²) in [7, 11) is 2.15. The number of rotatable bonds is 3. The zero-order chi connectivity index (χ0) is 16.4. The van der Waals surface area contributed by atoms with Crippen molar-refractivity contribution in [2.24, 2.45) is 0 Å². The van der Waals surface area contributed by atoms with Crippen molar-refractivity contribution in [3.8, 4) is 0 Å². The predicted octanol–water partition coefficient (Wildman–Crippen LogP) is 2.90. The van der Waals surface area contributed by atoms with Crippen LogP contribution in [-0.2, 0) is 0 Å². The molecule has 0 spiro atoms. The molecule has 2 aromatic rings. The molecule has 1 amide bonds. The lowest BCUT2D eigenvalue weighted by Gasteiger charge is -2.34. The average molecular weight is 313 g/mol. The van der Waals surface area contributed by atoms with Crippen LogP contribution in [-0.4, -0.2) is 44.0 Å². The average Bonchev–Trinajstić information content (AvgIpc) is 2.88. The third-order valence-electron chi connectivity index (χ3n) is 4.28. The first-order chi connectivity index (χ1) is 11.0. The summed E-state index contributed by atoms with van der Waals surface area (Å²) in [5, 5.41) is 2.92. The van der Waals surface area contributed by atoms with Crippen molar-refractivity contribution in [2.45, 2.75) is 13.8 Å². The topological polar surface area (TPSA) is 48.7 Å². The van der Waals surface area contributed by atoms with Gasteiger partial charge in [-0.2, -0.15) is 0 Å². The van der Waals surface area contributed by atoms with Gasteiger partial charge >= 0.3 is 0 Å². The Kier molecular flexibility index (Phi) is 4.39. The summed E-state index contributed by atoms with van der Waals surface area (Å²) >= 11 is 0. The largest absolute Gasteiger partial charge is 0.466 e. The van der Waals surface area contributed by atoms with E-state index in [1.807, 2.05) is 19.1 Å². The van der Waals surface area contributed by atoms with Gasteiger partial charge in [-0.05, 0) is 51.2 Å². The Labute approximate surface area is 136 Å². The monoisotopic (exact) mass is 313 g/mol. The fourth-order valence-electron chi connectivity index (χ4n) is 2.87. The number of amides is 1. The molecule has 5 heteroatoms. The quantitative estimate of drug-likeness (QED) is 0.946. The van der Waals surface area contributed by atoms with Gasteiger partial charge in [-0.3, -0.25) is 4.79 Å². The second kappa shape index (κ2) is 6.46. The summed E-state index contributed by atoms with van der Waals surface area (Å²) in [5.41, 5.74) is 2.59. The van der Waals surface area contributed by atoms with Crippen LogP contribution in [0.5, 0.6) is 0 Å². The van der Waals surface area contributed by atoms with Gasteiger partial charge in [0.25, 0.3) is 5.91 Å². The van der Waals surface area contributed by atoms with Gasteiger partial charge in [-0.25, -0.2) is 0 Å². The van der Waals surface area contributed by atoms with Crippen molar-refractivity contribution in [2.75, 3.05) is 43.4 Å². The van der Waals surface area contributed by atoms with E-state index in [0.29, 0.717) is 11.3 Å². The molecule has 1 fully saturated rings. The maximum atomic E-state index is 12.3. The first-order valence-corrected chi connectivity index (χ1v) is 7.95. The molecule has 3 rings (SSSR count). The predicted molar refractivity (Wildman–Crippen MR) is 92.3 cm³/mol. The van der Waals surface area contributed by atoms with Crippen LogP contribution >= 0.6 is 0 Å². The molecular weight excluding hydrogens is 290 g/mol. The van der Waals surface area contributed by atoms with Crippen LogP contribution < -0.4 is 10.2 Å². The fraction of sp³-hybridized carbons (Fsp3) is 0.389. The molecule has 1 aromatic heterocycles. The van der Waals surface area contributed by atoms with Crippen LogP contribution in [0.15, 0.2) is 34.7 Å². The summed E-state index contributed by atoms with van der Waals surface area (Å²) in [6.45, 7) is 7.88. The smallest absolute Gasteiger partial charge is 0.259 e. The normalized spacial score (nSPS) is 15.7. The lowest BCUT2D eigenvalue weighted by Crippen LogP contribution is -2.44. The van der Waals surface area contributed by atoms with Gasteiger partial charge in [0.15, 0.2) is 0 Å². The standard InChI is InChI=1S/C18H23N3O2/c1-13-12-17(14(2)23-13)18(22)19-15-4-6-16(7-5-15)21-10-8-20(3)9-11-21/h4-7,12H,8-11H2,1-3H3,(H,19,22). The molecule has 2 heterocycles. The van der Waals surface area contributed by atoms with Gasteiger partial charge in [0.2, 0.25) is 0 Å². The second-order valence-corrected chi connectivity index (χ2v) is 6.12. The maximum Gasteiger partial charge on any atom is 0.259 e. The van der Waals surface area contributed by atoms with Crippen molar-refractivity contribution >= 4 is 17.3 Å². The van der Waals surface area contributed by atoms with Gasteiger partial charge in [-0.1, -0.05) is 0 Å². The Bertz CT molecular complexity index is 683. The molecule has 0 unspecified atom stereocenters. The number of nitrogens with zero attached hydrogens (tertiary/aromatic N) is 2. The Morgan fingerprint density at radius 1 is 1.09 bits per heavy atom. The summed E-state index contributed by atoms with van der Waals surface area (Å²) < 4.78 is 5.41. The van der Waals surface area contributed by atoms with E-state index in [1.54, 1.807) is 13.0 Å². The lowest BCUT2D eigenvalue weighted by molar-refractivity contribution is 0.102. The van der Waals surface area contributed by atoms with Crippen LogP contribution in [0, 0.1) is 13.8 Å². The van der Waals surface area contributed by atoms with Gasteiger partial charge in [0.05, 0.1) is 5.56 Å². The van der Waals surface area contributed by atoms with Gasteiger partial charge in [0, 0.05) is 37.6 Å². The molecule has 0 radical (unpaired) electrons. The molecule has 0 aliphatic carbocycles. The van der Waals surface area contributed by atoms with Crippen LogP contribution in [0.1, 0.15) is 21.9 Å². The van der Waals surface area contributed by atoms with E-state index in [0.717, 1.165) is 37.6 Å². The number of anilines is 2. The molecule has 122 valence electrons. The first-order valence-electron chi connectivity index (χ1n) is 7.95. The van der Waals surface area contributed by atoms with Crippen LogP contribution in [0.4, 0.5) is 11.4 Å². The van der Waals surface area contributed by atoms with Crippen molar-refractivity contribution in [3.63, 3.8) is 0 Å². The van der Waals surface area contributed by atoms with E-state index >= 15 is 0 Å². The third-order valence-corrected chi connectivity index (χ3v) is 4.28. The molecule has 0 atom stereocenters.